The largest absolute Gasteiger partial charge is 0.557 e. The summed E-state index contributed by atoms with van der Waals surface area (Å²) in [6.45, 7) is -2.24. The van der Waals surface area contributed by atoms with Gasteiger partial charge in [0.15, 0.2) is 0 Å². The van der Waals surface area contributed by atoms with Crippen molar-refractivity contribution in [1.29, 1.82) is 0 Å². The van der Waals surface area contributed by atoms with E-state index in [-0.39, 0.29) is 31.2 Å². The van der Waals surface area contributed by atoms with E-state index in [1.165, 1.54) is 30.0 Å². The molecule has 0 unspecified atom stereocenters. The summed E-state index contributed by atoms with van der Waals surface area (Å²) in [5.41, 5.74) is 12.0. The zero-order chi connectivity index (χ0) is 39.7. The molecule has 9 rings (SSSR count). The summed E-state index contributed by atoms with van der Waals surface area (Å²) in [7, 11) is 0. The van der Waals surface area contributed by atoms with Crippen LogP contribution in [0.1, 0.15) is 24.9 Å². The summed E-state index contributed by atoms with van der Waals surface area (Å²) in [5.74, 6) is 0.811. The van der Waals surface area contributed by atoms with Crippen molar-refractivity contribution in [3.05, 3.63) is 187 Å². The molecular formula is C47H35IrN3O-2. The van der Waals surface area contributed by atoms with Gasteiger partial charge in [-0.2, -0.15) is 0 Å². The van der Waals surface area contributed by atoms with Gasteiger partial charge in [0.1, 0.15) is 0 Å². The third-order valence-electron chi connectivity index (χ3n) is 8.73. The molecule has 0 atom stereocenters. The molecule has 6 aromatic carbocycles. The Balaban J connectivity index is 0.000000208. The predicted octanol–water partition coefficient (Wildman–Crippen LogP) is 12.0. The number of furan rings is 1. The van der Waals surface area contributed by atoms with E-state index < -0.39 is 13.7 Å². The van der Waals surface area contributed by atoms with Gasteiger partial charge in [0.05, 0.1) is 22.5 Å². The van der Waals surface area contributed by atoms with Crippen LogP contribution in [0.2, 0.25) is 0 Å². The number of aryl methyl sites for hydroxylation is 3. The maximum atomic E-state index is 7.28. The Morgan fingerprint density at radius 2 is 1.35 bits per heavy atom. The first-order chi connectivity index (χ1) is 27.5. The summed E-state index contributed by atoms with van der Waals surface area (Å²) in [4.78, 5) is 9.23. The number of imidazole rings is 1. The van der Waals surface area contributed by atoms with Crippen molar-refractivity contribution < 1.29 is 32.7 Å². The van der Waals surface area contributed by atoms with Gasteiger partial charge in [0.2, 0.25) is 0 Å². The molecule has 0 aliphatic heterocycles. The molecule has 0 amide bonds. The van der Waals surface area contributed by atoms with E-state index in [1.54, 1.807) is 12.1 Å². The van der Waals surface area contributed by atoms with Crippen LogP contribution in [-0.2, 0) is 20.1 Å². The Bertz CT molecular complexity index is 2700. The maximum absolute atomic E-state index is 7.28. The molecule has 52 heavy (non-hydrogen) atoms. The Hall–Kier alpha value is -5.87. The number of aromatic nitrogens is 3. The van der Waals surface area contributed by atoms with Gasteiger partial charge in [0, 0.05) is 57.5 Å². The zero-order valence-electron chi connectivity index (χ0n) is 34.1. The van der Waals surface area contributed by atoms with E-state index in [2.05, 4.69) is 138 Å². The third kappa shape index (κ3) is 6.89. The first-order valence-electron chi connectivity index (χ1n) is 19.6. The van der Waals surface area contributed by atoms with E-state index in [0.29, 0.717) is 11.3 Å². The van der Waals surface area contributed by atoms with Crippen LogP contribution < -0.4 is 0 Å². The normalized spacial score (nSPS) is 13.0. The second kappa shape index (κ2) is 15.2. The maximum Gasteiger partial charge on any atom is 0.0774 e. The van der Waals surface area contributed by atoms with Crippen LogP contribution in [0.25, 0.3) is 72.6 Å². The number of hydrogen-bond acceptors (Lipinski definition) is 3. The van der Waals surface area contributed by atoms with Gasteiger partial charge < -0.3 is 14.0 Å². The molecule has 0 spiro atoms. The molecule has 0 aliphatic carbocycles. The van der Waals surface area contributed by atoms with Crippen molar-refractivity contribution in [1.82, 2.24) is 14.5 Å². The van der Waals surface area contributed by atoms with Gasteiger partial charge in [0.25, 0.3) is 0 Å². The van der Waals surface area contributed by atoms with Crippen LogP contribution in [0.3, 0.4) is 0 Å². The van der Waals surface area contributed by atoms with Gasteiger partial charge in [-0.3, -0.25) is 4.98 Å². The van der Waals surface area contributed by atoms with Gasteiger partial charge in [-0.05, 0) is 48.3 Å². The number of hydrogen-bond donors (Lipinski definition) is 0. The summed E-state index contributed by atoms with van der Waals surface area (Å²) >= 11 is 0. The fraction of sp³-hybridized carbons (Fsp3) is 0.0638. The smallest absolute Gasteiger partial charge is 0.0774 e. The number of para-hydroxylation sites is 3. The van der Waals surface area contributed by atoms with Crippen LogP contribution in [0.4, 0.5) is 0 Å². The van der Waals surface area contributed by atoms with Gasteiger partial charge in [-0.1, -0.05) is 145 Å². The van der Waals surface area contributed by atoms with Crippen LogP contribution in [0, 0.1) is 33.0 Å². The van der Waals surface area contributed by atoms with E-state index in [0.717, 1.165) is 61.3 Å². The molecule has 0 fully saturated rings. The fourth-order valence-electron chi connectivity index (χ4n) is 6.30. The fourth-order valence-corrected chi connectivity index (χ4v) is 6.30. The summed E-state index contributed by atoms with van der Waals surface area (Å²) in [6, 6.07) is 52.6. The molecule has 3 aromatic heterocycles. The molecule has 0 saturated carbocycles. The zero-order valence-corrected chi connectivity index (χ0v) is 30.5. The first-order valence-corrected chi connectivity index (χ1v) is 16.6. The molecular weight excluding hydrogens is 815 g/mol. The van der Waals surface area contributed by atoms with Gasteiger partial charge >= 0.3 is 0 Å². The first kappa shape index (κ1) is 27.8. The monoisotopic (exact) mass is 856 g/mol. The molecule has 1 radical (unpaired) electrons. The second-order valence-electron chi connectivity index (χ2n) is 12.2. The number of nitrogens with zero attached hydrogens (tertiary/aromatic N) is 3. The Morgan fingerprint density at radius 3 is 2.00 bits per heavy atom. The second-order valence-corrected chi connectivity index (χ2v) is 12.2. The molecule has 0 N–H and O–H groups in total. The molecule has 3 heterocycles. The number of fused-ring (bicyclic) bond motifs is 2. The van der Waals surface area contributed by atoms with Crippen molar-refractivity contribution in [2.75, 3.05) is 0 Å². The van der Waals surface area contributed by atoms with E-state index in [4.69, 9.17) is 17.6 Å². The van der Waals surface area contributed by atoms with E-state index in [1.807, 2.05) is 12.1 Å². The topological polar surface area (TPSA) is 43.9 Å². The van der Waals surface area contributed by atoms with Crippen LogP contribution >= 0.6 is 0 Å². The van der Waals surface area contributed by atoms with Crippen molar-refractivity contribution in [2.45, 2.75) is 20.6 Å². The molecule has 0 aliphatic rings. The summed E-state index contributed by atoms with van der Waals surface area (Å²) < 4.78 is 51.8. The molecule has 0 saturated heterocycles. The molecule has 0 bridgehead atoms. The minimum Gasteiger partial charge on any atom is -0.557 e. The Morgan fingerprint density at radius 1 is 0.673 bits per heavy atom. The number of benzene rings is 6. The van der Waals surface area contributed by atoms with Crippen LogP contribution in [-0.4, -0.2) is 14.5 Å². The van der Waals surface area contributed by atoms with Crippen molar-refractivity contribution in [2.24, 2.45) is 0 Å². The Labute approximate surface area is 326 Å². The van der Waals surface area contributed by atoms with Crippen molar-refractivity contribution in [3.8, 4) is 50.6 Å². The predicted molar refractivity (Wildman–Crippen MR) is 209 cm³/mol. The minimum absolute atomic E-state index is 0. The molecule has 4 nitrogen and oxygen atoms in total. The minimum atomic E-state index is -2.18. The van der Waals surface area contributed by atoms with Gasteiger partial charge in [-0.15, -0.1) is 35.4 Å². The average Bonchev–Trinajstić information content (AvgIpc) is 3.82. The quantitative estimate of drug-likeness (QED) is 0.162. The summed E-state index contributed by atoms with van der Waals surface area (Å²) in [5, 5.41) is 1.01. The van der Waals surface area contributed by atoms with Crippen LogP contribution in [0.15, 0.2) is 162 Å². The SMILES string of the molecule is Cc1ccc2o[c-]c(-c3nc4ccccc4n3-c3c(-c4ccccc4)cccc3-c3ccccc3)c2c1.[2H]C([2H])([2H])c1c[c-]c(-c2ccc(C([2H])([2H])[2H])cn2)cc1.[Ir]. The molecule has 255 valence electrons. The van der Waals surface area contributed by atoms with Crippen molar-refractivity contribution in [3.63, 3.8) is 0 Å². The number of pyridine rings is 1. The van der Waals surface area contributed by atoms with Crippen molar-refractivity contribution >= 4 is 22.0 Å². The number of rotatable bonds is 5. The third-order valence-corrected chi connectivity index (χ3v) is 8.73. The van der Waals surface area contributed by atoms with Crippen LogP contribution in [0.5, 0.6) is 0 Å². The van der Waals surface area contributed by atoms with E-state index in [9.17, 15) is 0 Å². The average molecular weight is 856 g/mol. The van der Waals surface area contributed by atoms with Gasteiger partial charge in [-0.25, -0.2) is 0 Å². The molecule has 5 heteroatoms. The molecule has 9 aromatic rings. The summed E-state index contributed by atoms with van der Waals surface area (Å²) in [6.07, 6.45) is 4.49. The van der Waals surface area contributed by atoms with E-state index >= 15 is 0 Å². The standard InChI is InChI=1S/C34H23N2O.C13H12N.Ir/c1-23-19-20-32-28(21-23)29(22-37-32)34-35-30-17-8-9-18-31(30)36(34)33-26(24-11-4-2-5-12-24)15-10-16-27(33)25-13-6-3-7-14-25;1-10-3-6-12(7-4-10)13-8-5-11(2)9-14-13;/h2-21H,1H3;3-6,8-9H,1-2H3;/q2*-1;/i;1D3,2D3;. The Kier molecular flexibility index (Phi) is 8.11.